The molecule has 0 N–H and O–H groups in total. The zero-order valence-corrected chi connectivity index (χ0v) is 30.0. The molecule has 0 aliphatic heterocycles. The van der Waals surface area contributed by atoms with Crippen molar-refractivity contribution in [3.05, 3.63) is 24.3 Å². The van der Waals surface area contributed by atoms with E-state index in [0.29, 0.717) is 6.42 Å². The summed E-state index contributed by atoms with van der Waals surface area (Å²) in [5.74, 6) is -10.5. The van der Waals surface area contributed by atoms with E-state index in [0.717, 1.165) is 34.6 Å². The molecule has 14 nitrogen and oxygen atoms in total. The molecule has 0 heterocycles. The van der Waals surface area contributed by atoms with Gasteiger partial charge in [0.1, 0.15) is 6.10 Å². The number of carbonyl (C=O) groups is 8. The van der Waals surface area contributed by atoms with Crippen molar-refractivity contribution in [2.24, 2.45) is 23.2 Å². The SMILES string of the molecule is C=C1[C@H](OC(C)=O)[C@H]2[C@@H](OC(C)=O)[C@](C)(OC(C)=O)C[C@]2(OC(C)=O)C(=O)[C@H](C)/C=C\C(C)(C)C(=O)[C@H](OC(=O)C(C)CC)[C@H]1OC(C)=O. The van der Waals surface area contributed by atoms with Gasteiger partial charge in [0.2, 0.25) is 6.10 Å². The quantitative estimate of drug-likeness (QED) is 0.204. The van der Waals surface area contributed by atoms with Gasteiger partial charge in [-0.2, -0.15) is 0 Å². The molecule has 0 saturated heterocycles. The number of hydrogen-bond acceptors (Lipinski definition) is 14. The minimum atomic E-state index is -2.35. The number of rotatable bonds is 8. The first-order chi connectivity index (χ1) is 22.4. The third kappa shape index (κ3) is 9.01. The van der Waals surface area contributed by atoms with E-state index in [-0.39, 0.29) is 5.57 Å². The Balaban J connectivity index is 3.21. The van der Waals surface area contributed by atoms with Crippen molar-refractivity contribution >= 4 is 47.4 Å². The van der Waals surface area contributed by atoms with Gasteiger partial charge in [-0.05, 0) is 27.2 Å². The van der Waals surface area contributed by atoms with Gasteiger partial charge in [-0.1, -0.05) is 39.5 Å². The third-order valence-corrected chi connectivity index (χ3v) is 8.78. The van der Waals surface area contributed by atoms with Crippen LogP contribution >= 0.6 is 0 Å². The monoisotopic (exact) mass is 692 g/mol. The van der Waals surface area contributed by atoms with Crippen LogP contribution in [-0.4, -0.2) is 83.0 Å². The van der Waals surface area contributed by atoms with Gasteiger partial charge < -0.3 is 28.4 Å². The van der Waals surface area contributed by atoms with Gasteiger partial charge in [0.05, 0.1) is 11.8 Å². The first kappa shape index (κ1) is 40.8. The van der Waals surface area contributed by atoms with Crippen molar-refractivity contribution < 1.29 is 66.8 Å². The number of fused-ring (bicyclic) bond motifs is 1. The Morgan fingerprint density at radius 2 is 1.29 bits per heavy atom. The molecular formula is C35H48O14. The summed E-state index contributed by atoms with van der Waals surface area (Å²) >= 11 is 0. The lowest BCUT2D eigenvalue weighted by molar-refractivity contribution is -0.191. The predicted molar refractivity (Wildman–Crippen MR) is 170 cm³/mol. The number of allylic oxidation sites excluding steroid dienone is 2. The van der Waals surface area contributed by atoms with Gasteiger partial charge in [-0.15, -0.1) is 0 Å². The molecule has 0 aromatic carbocycles. The van der Waals surface area contributed by atoms with Crippen LogP contribution in [0.2, 0.25) is 0 Å². The molecule has 1 unspecified atom stereocenters. The molecule has 272 valence electrons. The summed E-state index contributed by atoms with van der Waals surface area (Å²) in [6.07, 6.45) is -4.68. The first-order valence-corrected chi connectivity index (χ1v) is 16.0. The Morgan fingerprint density at radius 1 is 0.776 bits per heavy atom. The minimum Gasteiger partial charge on any atom is -0.458 e. The van der Waals surface area contributed by atoms with Crippen LogP contribution in [0.25, 0.3) is 0 Å². The second kappa shape index (κ2) is 15.5. The Kier molecular flexibility index (Phi) is 12.9. The van der Waals surface area contributed by atoms with Gasteiger partial charge >= 0.3 is 35.8 Å². The highest BCUT2D eigenvalue weighted by atomic mass is 16.6. The first-order valence-electron chi connectivity index (χ1n) is 16.0. The van der Waals surface area contributed by atoms with E-state index >= 15 is 0 Å². The summed E-state index contributed by atoms with van der Waals surface area (Å²) in [7, 11) is 0. The summed E-state index contributed by atoms with van der Waals surface area (Å²) < 4.78 is 34.4. The Hall–Kier alpha value is -4.36. The van der Waals surface area contributed by atoms with Crippen LogP contribution in [0, 0.1) is 23.2 Å². The maximum absolute atomic E-state index is 14.7. The van der Waals surface area contributed by atoms with Crippen molar-refractivity contribution in [1.82, 2.24) is 0 Å². The van der Waals surface area contributed by atoms with Crippen LogP contribution in [-0.2, 0) is 66.8 Å². The van der Waals surface area contributed by atoms with E-state index in [9.17, 15) is 38.4 Å². The Labute approximate surface area is 286 Å². The summed E-state index contributed by atoms with van der Waals surface area (Å²) in [4.78, 5) is 106. The van der Waals surface area contributed by atoms with E-state index in [2.05, 4.69) is 6.58 Å². The second-order valence-corrected chi connectivity index (χ2v) is 13.5. The molecule has 1 fully saturated rings. The lowest BCUT2D eigenvalue weighted by atomic mass is 9.72. The van der Waals surface area contributed by atoms with Gasteiger partial charge in [-0.25, -0.2) is 0 Å². The highest BCUT2D eigenvalue weighted by Crippen LogP contribution is 2.54. The minimum absolute atomic E-state index is 0.337. The molecule has 2 aliphatic rings. The molecule has 49 heavy (non-hydrogen) atoms. The molecule has 0 spiro atoms. The molecule has 0 aromatic rings. The maximum Gasteiger partial charge on any atom is 0.309 e. The molecule has 2 rings (SSSR count). The Morgan fingerprint density at radius 3 is 1.76 bits per heavy atom. The molecule has 0 amide bonds. The van der Waals surface area contributed by atoms with Crippen molar-refractivity contribution in [1.29, 1.82) is 0 Å². The van der Waals surface area contributed by atoms with Crippen LogP contribution < -0.4 is 0 Å². The molecule has 0 radical (unpaired) electrons. The number of ether oxygens (including phenoxy) is 6. The van der Waals surface area contributed by atoms with Crippen molar-refractivity contribution in [2.45, 2.75) is 125 Å². The van der Waals surface area contributed by atoms with Crippen LogP contribution in [0.4, 0.5) is 0 Å². The Bertz CT molecular complexity index is 1420. The van der Waals surface area contributed by atoms with Gasteiger partial charge in [0, 0.05) is 57.9 Å². The summed E-state index contributed by atoms with van der Waals surface area (Å²) in [5.41, 5.74) is -6.09. The van der Waals surface area contributed by atoms with E-state index in [4.69, 9.17) is 28.4 Å². The maximum atomic E-state index is 14.7. The average molecular weight is 693 g/mol. The van der Waals surface area contributed by atoms with E-state index in [1.54, 1.807) is 13.8 Å². The molecule has 2 aliphatic carbocycles. The fourth-order valence-corrected chi connectivity index (χ4v) is 6.43. The zero-order chi connectivity index (χ0) is 37.8. The zero-order valence-electron chi connectivity index (χ0n) is 30.0. The van der Waals surface area contributed by atoms with Crippen molar-refractivity contribution in [2.75, 3.05) is 0 Å². The normalized spacial score (nSPS) is 32.6. The van der Waals surface area contributed by atoms with Crippen LogP contribution in [0.5, 0.6) is 0 Å². The lowest BCUT2D eigenvalue weighted by Gasteiger charge is -2.42. The van der Waals surface area contributed by atoms with Gasteiger partial charge in [0.15, 0.2) is 35.0 Å². The number of carbonyl (C=O) groups excluding carboxylic acids is 8. The van der Waals surface area contributed by atoms with E-state index < -0.39 is 113 Å². The molecular weight excluding hydrogens is 644 g/mol. The number of Topliss-reactive ketones (excluding diaryl/α,β-unsaturated/α-hetero) is 2. The molecule has 0 aromatic heterocycles. The van der Waals surface area contributed by atoms with Crippen molar-refractivity contribution in [3.8, 4) is 0 Å². The standard InChI is InChI=1S/C35H48O14/c1-13-17(2)32(43)47-28-27(45-21(6)37)19(4)26(44-20(5)36)25-31(46-22(7)38)34(12,48-23(8)39)16-35(25,49-24(9)40)29(41)18(3)14-15-33(10,11)30(28)42/h14-15,17-18,25-28,31H,4,13,16H2,1-3,5-12H3/b15-14-/t17?,18-,25+,26+,27+,28-,31-,34-,35-/m1/s1. The summed E-state index contributed by atoms with van der Waals surface area (Å²) in [5, 5.41) is 0. The molecule has 14 heteroatoms. The van der Waals surface area contributed by atoms with E-state index in [1.807, 2.05) is 0 Å². The summed E-state index contributed by atoms with van der Waals surface area (Å²) in [6, 6.07) is 0. The second-order valence-electron chi connectivity index (χ2n) is 13.5. The highest BCUT2D eigenvalue weighted by molar-refractivity contribution is 5.96. The molecule has 9 atom stereocenters. The number of esters is 6. The van der Waals surface area contributed by atoms with Gasteiger partial charge in [0.25, 0.3) is 0 Å². The average Bonchev–Trinajstić information content (AvgIpc) is 3.19. The number of ketones is 2. The lowest BCUT2D eigenvalue weighted by Crippen LogP contribution is -2.58. The summed E-state index contributed by atoms with van der Waals surface area (Å²) in [6.45, 7) is 18.3. The van der Waals surface area contributed by atoms with E-state index in [1.165, 1.54) is 39.8 Å². The van der Waals surface area contributed by atoms with Crippen LogP contribution in [0.3, 0.4) is 0 Å². The fraction of sp³-hybridized carbons (Fsp3) is 0.657. The predicted octanol–water partition coefficient (Wildman–Crippen LogP) is 3.31. The van der Waals surface area contributed by atoms with Gasteiger partial charge in [-0.3, -0.25) is 38.4 Å². The fourth-order valence-electron chi connectivity index (χ4n) is 6.43. The largest absolute Gasteiger partial charge is 0.458 e. The molecule has 1 saturated carbocycles. The third-order valence-electron chi connectivity index (χ3n) is 8.78. The smallest absolute Gasteiger partial charge is 0.309 e. The van der Waals surface area contributed by atoms with Crippen molar-refractivity contribution in [3.63, 3.8) is 0 Å². The molecule has 0 bridgehead atoms. The highest BCUT2D eigenvalue weighted by Gasteiger charge is 2.72. The number of hydrogen-bond donors (Lipinski definition) is 0. The topological polar surface area (TPSA) is 192 Å². The van der Waals surface area contributed by atoms with Crippen LogP contribution in [0.1, 0.15) is 89.0 Å². The van der Waals surface area contributed by atoms with Crippen LogP contribution in [0.15, 0.2) is 24.3 Å².